The predicted octanol–water partition coefficient (Wildman–Crippen LogP) is 4.87. The summed E-state index contributed by atoms with van der Waals surface area (Å²) in [5.74, 6) is -0.278. The number of hydrogen-bond acceptors (Lipinski definition) is 4. The van der Waals surface area contributed by atoms with E-state index < -0.39 is 28.2 Å². The number of piperidine rings is 1. The van der Waals surface area contributed by atoms with Gasteiger partial charge in [0, 0.05) is 23.5 Å². The normalized spacial score (nSPS) is 30.1. The number of nitrogens with zero attached hydrogens (tertiary/aromatic N) is 1. The van der Waals surface area contributed by atoms with Gasteiger partial charge in [0.15, 0.2) is 0 Å². The van der Waals surface area contributed by atoms with Crippen LogP contribution in [0.5, 0.6) is 0 Å². The average molecular weight is 465 g/mol. The molecule has 1 heterocycles. The molecule has 1 aromatic carbocycles. The highest BCUT2D eigenvalue weighted by atomic mass is 35.5. The van der Waals surface area contributed by atoms with Gasteiger partial charge in [-0.25, -0.2) is 4.79 Å². The van der Waals surface area contributed by atoms with E-state index in [1.807, 2.05) is 58.6 Å². The lowest BCUT2D eigenvalue weighted by Crippen LogP contribution is -2.60. The van der Waals surface area contributed by atoms with Crippen molar-refractivity contribution in [2.75, 3.05) is 13.1 Å². The molecule has 2 aliphatic rings. The Morgan fingerprint density at radius 2 is 1.78 bits per heavy atom. The number of aliphatic hydroxyl groups is 1. The summed E-state index contributed by atoms with van der Waals surface area (Å²) in [7, 11) is 0. The molecule has 1 saturated carbocycles. The number of benzene rings is 1. The van der Waals surface area contributed by atoms with Gasteiger partial charge in [0.2, 0.25) is 5.91 Å². The van der Waals surface area contributed by atoms with Gasteiger partial charge in [-0.3, -0.25) is 4.79 Å². The van der Waals surface area contributed by atoms with Gasteiger partial charge < -0.3 is 20.1 Å². The number of carbonyl (C=O) groups is 2. The average Bonchev–Trinajstić information content (AvgIpc) is 3.03. The van der Waals surface area contributed by atoms with Crippen LogP contribution in [0, 0.1) is 11.3 Å². The summed E-state index contributed by atoms with van der Waals surface area (Å²) in [5.41, 5.74) is -2.03. The molecule has 3 rings (SSSR count). The summed E-state index contributed by atoms with van der Waals surface area (Å²) in [5, 5.41) is 15.2. The monoisotopic (exact) mass is 464 g/mol. The van der Waals surface area contributed by atoms with Crippen LogP contribution in [0.1, 0.15) is 72.8 Å². The summed E-state index contributed by atoms with van der Waals surface area (Å²) >= 11 is 6.03. The van der Waals surface area contributed by atoms with Crippen LogP contribution < -0.4 is 5.32 Å². The van der Waals surface area contributed by atoms with Crippen molar-refractivity contribution in [1.82, 2.24) is 10.2 Å². The maximum atomic E-state index is 13.6. The summed E-state index contributed by atoms with van der Waals surface area (Å²) in [6, 6.07) is 7.30. The second-order valence-corrected chi connectivity index (χ2v) is 11.7. The van der Waals surface area contributed by atoms with Gasteiger partial charge in [-0.1, -0.05) is 44.0 Å². The van der Waals surface area contributed by atoms with Gasteiger partial charge >= 0.3 is 6.09 Å². The molecule has 0 unspecified atom stereocenters. The first-order chi connectivity index (χ1) is 14.7. The zero-order chi connectivity index (χ0) is 23.9. The second kappa shape index (κ2) is 8.53. The Hall–Kier alpha value is -1.79. The number of halogens is 1. The van der Waals surface area contributed by atoms with E-state index in [1.165, 1.54) is 0 Å². The molecule has 1 aromatic rings. The standard InChI is InChI=1S/C25H37ClN2O4/c1-22(2,3)32-21(30)27-24(6)13-7-8-19(24)20(29)28-15-14-25(31,23(4,5)16-28)17-9-11-18(26)12-10-17/h9-12,19,31H,7-8,13-16H2,1-6H3,(H,27,30)/t19-,24-,25-/m0/s1. The molecule has 6 nitrogen and oxygen atoms in total. The van der Waals surface area contributed by atoms with Crippen LogP contribution in [0.15, 0.2) is 24.3 Å². The van der Waals surface area contributed by atoms with Gasteiger partial charge in [-0.05, 0) is 64.7 Å². The number of alkyl carbamates (subject to hydrolysis) is 1. The maximum absolute atomic E-state index is 13.6. The van der Waals surface area contributed by atoms with E-state index >= 15 is 0 Å². The molecule has 32 heavy (non-hydrogen) atoms. The molecule has 1 aliphatic carbocycles. The quantitative estimate of drug-likeness (QED) is 0.668. The van der Waals surface area contributed by atoms with E-state index in [1.54, 1.807) is 12.1 Å². The van der Waals surface area contributed by atoms with Gasteiger partial charge in [0.25, 0.3) is 0 Å². The van der Waals surface area contributed by atoms with Crippen molar-refractivity contribution in [3.63, 3.8) is 0 Å². The minimum Gasteiger partial charge on any atom is -0.444 e. The summed E-state index contributed by atoms with van der Waals surface area (Å²) < 4.78 is 5.44. The maximum Gasteiger partial charge on any atom is 0.408 e. The number of likely N-dealkylation sites (tertiary alicyclic amines) is 1. The molecule has 2 fully saturated rings. The molecular formula is C25H37ClN2O4. The molecule has 0 radical (unpaired) electrons. The molecular weight excluding hydrogens is 428 g/mol. The Morgan fingerprint density at radius 1 is 1.16 bits per heavy atom. The van der Waals surface area contributed by atoms with Crippen LogP contribution in [-0.2, 0) is 15.1 Å². The Labute approximate surface area is 196 Å². The molecule has 1 saturated heterocycles. The van der Waals surface area contributed by atoms with Crippen molar-refractivity contribution in [3.8, 4) is 0 Å². The summed E-state index contributed by atoms with van der Waals surface area (Å²) in [6.07, 6.45) is 2.28. The van der Waals surface area contributed by atoms with Crippen molar-refractivity contribution >= 4 is 23.6 Å². The zero-order valence-corrected chi connectivity index (χ0v) is 20.9. The lowest BCUT2D eigenvalue weighted by atomic mass is 9.66. The Morgan fingerprint density at radius 3 is 2.34 bits per heavy atom. The molecule has 0 bridgehead atoms. The highest BCUT2D eigenvalue weighted by molar-refractivity contribution is 6.30. The third kappa shape index (κ3) is 4.91. The largest absolute Gasteiger partial charge is 0.444 e. The number of carbonyl (C=O) groups excluding carboxylic acids is 2. The Balaban J connectivity index is 1.74. The molecule has 3 atom stereocenters. The lowest BCUT2D eigenvalue weighted by molar-refractivity contribution is -0.158. The van der Waals surface area contributed by atoms with Crippen LogP contribution in [0.4, 0.5) is 4.79 Å². The van der Waals surface area contributed by atoms with E-state index in [-0.39, 0.29) is 11.8 Å². The summed E-state index contributed by atoms with van der Waals surface area (Å²) in [6.45, 7) is 12.3. The van der Waals surface area contributed by atoms with Crippen molar-refractivity contribution in [3.05, 3.63) is 34.9 Å². The molecule has 2 amide bonds. The SMILES string of the molecule is CC(C)(C)OC(=O)N[C@@]1(C)CCC[C@H]1C(=O)N1CC[C@](O)(c2ccc(Cl)cc2)C(C)(C)C1. The fraction of sp³-hybridized carbons (Fsp3) is 0.680. The molecule has 0 spiro atoms. The predicted molar refractivity (Wildman–Crippen MR) is 125 cm³/mol. The Bertz CT molecular complexity index is 864. The fourth-order valence-corrected chi connectivity index (χ4v) is 5.37. The number of amides is 2. The smallest absolute Gasteiger partial charge is 0.408 e. The highest BCUT2D eigenvalue weighted by Gasteiger charge is 2.52. The molecule has 178 valence electrons. The second-order valence-electron chi connectivity index (χ2n) is 11.3. The fourth-order valence-electron chi connectivity index (χ4n) is 5.24. The first-order valence-electron chi connectivity index (χ1n) is 11.5. The van der Waals surface area contributed by atoms with E-state index in [9.17, 15) is 14.7 Å². The van der Waals surface area contributed by atoms with Gasteiger partial charge in [0.05, 0.1) is 17.1 Å². The van der Waals surface area contributed by atoms with Crippen LogP contribution in [0.3, 0.4) is 0 Å². The van der Waals surface area contributed by atoms with Crippen LogP contribution in [0.2, 0.25) is 5.02 Å². The molecule has 0 aromatic heterocycles. The van der Waals surface area contributed by atoms with Gasteiger partial charge in [0.1, 0.15) is 5.60 Å². The molecule has 7 heteroatoms. The highest BCUT2D eigenvalue weighted by Crippen LogP contribution is 2.47. The number of nitrogens with one attached hydrogen (secondary N) is 1. The topological polar surface area (TPSA) is 78.9 Å². The van der Waals surface area contributed by atoms with Gasteiger partial charge in [-0.15, -0.1) is 0 Å². The van der Waals surface area contributed by atoms with Gasteiger partial charge in [-0.2, -0.15) is 0 Å². The van der Waals surface area contributed by atoms with E-state index in [2.05, 4.69) is 5.32 Å². The van der Waals surface area contributed by atoms with Crippen molar-refractivity contribution in [1.29, 1.82) is 0 Å². The van der Waals surface area contributed by atoms with Crippen molar-refractivity contribution in [2.24, 2.45) is 11.3 Å². The van der Waals surface area contributed by atoms with E-state index in [0.29, 0.717) is 24.5 Å². The van der Waals surface area contributed by atoms with Crippen LogP contribution in [0.25, 0.3) is 0 Å². The molecule has 1 aliphatic heterocycles. The van der Waals surface area contributed by atoms with Crippen molar-refractivity contribution < 1.29 is 19.4 Å². The Kier molecular flexibility index (Phi) is 6.62. The van der Waals surface area contributed by atoms with Crippen LogP contribution in [-0.4, -0.2) is 46.2 Å². The third-order valence-corrected chi connectivity index (χ3v) is 7.38. The number of ether oxygens (including phenoxy) is 1. The minimum atomic E-state index is -1.05. The first kappa shape index (κ1) is 24.8. The van der Waals surface area contributed by atoms with Crippen LogP contribution >= 0.6 is 11.6 Å². The lowest BCUT2D eigenvalue weighted by Gasteiger charge is -2.51. The number of hydrogen-bond donors (Lipinski definition) is 2. The zero-order valence-electron chi connectivity index (χ0n) is 20.1. The molecule has 2 N–H and O–H groups in total. The van der Waals surface area contributed by atoms with Crippen molar-refractivity contribution in [2.45, 2.75) is 84.0 Å². The van der Waals surface area contributed by atoms with E-state index in [0.717, 1.165) is 24.8 Å². The third-order valence-electron chi connectivity index (χ3n) is 7.13. The van der Waals surface area contributed by atoms with E-state index in [4.69, 9.17) is 16.3 Å². The first-order valence-corrected chi connectivity index (χ1v) is 11.8. The number of rotatable bonds is 3. The minimum absolute atomic E-state index is 0.0345. The summed E-state index contributed by atoms with van der Waals surface area (Å²) in [4.78, 5) is 27.9.